The molecule has 30 heavy (non-hydrogen) atoms. The Morgan fingerprint density at radius 1 is 1.10 bits per heavy atom. The van der Waals surface area contributed by atoms with Crippen LogP contribution in [0.3, 0.4) is 0 Å². The van der Waals surface area contributed by atoms with Crippen LogP contribution in [0.25, 0.3) is 0 Å². The number of nitrogens with one attached hydrogen (secondary N) is 1. The fraction of sp³-hybridized carbons (Fsp3) is 0.417. The van der Waals surface area contributed by atoms with Crippen LogP contribution in [-0.2, 0) is 16.1 Å². The molecule has 6 heteroatoms. The number of likely N-dealkylation sites (tertiary alicyclic amines) is 1. The van der Waals surface area contributed by atoms with E-state index in [1.807, 2.05) is 36.4 Å². The molecule has 2 aliphatic rings. The molecular weight excluding hydrogens is 380 g/mol. The zero-order valence-corrected chi connectivity index (χ0v) is 17.3. The Bertz CT molecular complexity index is 893. The summed E-state index contributed by atoms with van der Waals surface area (Å²) in [4.78, 5) is 26.9. The molecule has 1 N–H and O–H groups in total. The first-order valence-corrected chi connectivity index (χ1v) is 10.6. The zero-order chi connectivity index (χ0) is 20.9. The molecule has 4 rings (SSSR count). The molecule has 1 saturated carbocycles. The lowest BCUT2D eigenvalue weighted by Crippen LogP contribution is -2.28. The van der Waals surface area contributed by atoms with Gasteiger partial charge in [-0.3, -0.25) is 9.59 Å². The standard InChI is InChI=1S/C24H28N2O4/c1-29-21-12-11-19(14-22(21)30-20-9-5-6-10-20)25-24(28)18-13-23(27)26(16-18)15-17-7-3-2-4-8-17/h2-4,7-8,11-12,14,18,20H,5-6,9-10,13,15-16H2,1H3,(H,25,28). The molecule has 0 aromatic heterocycles. The molecule has 0 spiro atoms. The molecule has 1 heterocycles. The van der Waals surface area contributed by atoms with Gasteiger partial charge in [0.2, 0.25) is 11.8 Å². The van der Waals surface area contributed by atoms with Crippen LogP contribution in [0.15, 0.2) is 48.5 Å². The number of anilines is 1. The van der Waals surface area contributed by atoms with Crippen LogP contribution in [0.4, 0.5) is 5.69 Å². The first-order chi connectivity index (χ1) is 14.6. The summed E-state index contributed by atoms with van der Waals surface area (Å²) < 4.78 is 11.5. The van der Waals surface area contributed by atoms with Gasteiger partial charge in [-0.05, 0) is 43.4 Å². The highest BCUT2D eigenvalue weighted by Gasteiger charge is 2.34. The second kappa shape index (κ2) is 9.20. The van der Waals surface area contributed by atoms with Crippen molar-refractivity contribution < 1.29 is 19.1 Å². The lowest BCUT2D eigenvalue weighted by atomic mass is 10.1. The van der Waals surface area contributed by atoms with E-state index >= 15 is 0 Å². The second-order valence-corrected chi connectivity index (χ2v) is 8.04. The van der Waals surface area contributed by atoms with Gasteiger partial charge in [0.1, 0.15) is 0 Å². The summed E-state index contributed by atoms with van der Waals surface area (Å²) in [5.74, 6) is 0.817. The van der Waals surface area contributed by atoms with Crippen molar-refractivity contribution in [2.75, 3.05) is 19.0 Å². The predicted octanol–water partition coefficient (Wildman–Crippen LogP) is 4.00. The number of amides is 2. The van der Waals surface area contributed by atoms with Gasteiger partial charge in [0.05, 0.1) is 19.1 Å². The third kappa shape index (κ3) is 4.75. The van der Waals surface area contributed by atoms with Crippen molar-refractivity contribution in [3.63, 3.8) is 0 Å². The summed E-state index contributed by atoms with van der Waals surface area (Å²) in [6.07, 6.45) is 4.88. The molecule has 1 aliphatic carbocycles. The number of ether oxygens (including phenoxy) is 2. The molecule has 1 aliphatic heterocycles. The normalized spacial score (nSPS) is 19.2. The minimum absolute atomic E-state index is 0.0130. The van der Waals surface area contributed by atoms with E-state index in [2.05, 4.69) is 5.32 Å². The number of rotatable bonds is 7. The summed E-state index contributed by atoms with van der Waals surface area (Å²) in [5, 5.41) is 2.95. The maximum Gasteiger partial charge on any atom is 0.229 e. The number of carbonyl (C=O) groups excluding carboxylic acids is 2. The number of benzene rings is 2. The molecule has 0 bridgehead atoms. The van der Waals surface area contributed by atoms with Gasteiger partial charge < -0.3 is 19.7 Å². The SMILES string of the molecule is COc1ccc(NC(=O)C2CC(=O)N(Cc3ccccc3)C2)cc1OC1CCCC1. The van der Waals surface area contributed by atoms with Crippen LogP contribution in [0, 0.1) is 5.92 Å². The number of nitrogens with zero attached hydrogens (tertiary/aromatic N) is 1. The average molecular weight is 408 g/mol. The van der Waals surface area contributed by atoms with E-state index in [-0.39, 0.29) is 30.3 Å². The average Bonchev–Trinajstić information content (AvgIpc) is 3.39. The molecule has 1 unspecified atom stereocenters. The summed E-state index contributed by atoms with van der Waals surface area (Å²) >= 11 is 0. The van der Waals surface area contributed by atoms with Gasteiger partial charge in [-0.2, -0.15) is 0 Å². The minimum Gasteiger partial charge on any atom is -0.493 e. The molecule has 1 saturated heterocycles. The molecular formula is C24H28N2O4. The van der Waals surface area contributed by atoms with Crippen molar-refractivity contribution >= 4 is 17.5 Å². The van der Waals surface area contributed by atoms with E-state index in [1.165, 1.54) is 12.8 Å². The molecule has 1 atom stereocenters. The van der Waals surface area contributed by atoms with Gasteiger partial charge in [0, 0.05) is 31.3 Å². The summed E-state index contributed by atoms with van der Waals surface area (Å²) in [7, 11) is 1.61. The van der Waals surface area contributed by atoms with Gasteiger partial charge in [0.15, 0.2) is 11.5 Å². The number of hydrogen-bond acceptors (Lipinski definition) is 4. The maximum absolute atomic E-state index is 12.8. The molecule has 2 fully saturated rings. The highest BCUT2D eigenvalue weighted by Crippen LogP contribution is 2.34. The first kappa shape index (κ1) is 20.3. The van der Waals surface area contributed by atoms with Crippen LogP contribution in [0.5, 0.6) is 11.5 Å². The van der Waals surface area contributed by atoms with Crippen molar-refractivity contribution in [1.29, 1.82) is 0 Å². The minimum atomic E-state index is -0.359. The number of hydrogen-bond donors (Lipinski definition) is 1. The largest absolute Gasteiger partial charge is 0.493 e. The molecule has 2 amide bonds. The predicted molar refractivity (Wildman–Crippen MR) is 114 cm³/mol. The summed E-state index contributed by atoms with van der Waals surface area (Å²) in [6.45, 7) is 0.965. The highest BCUT2D eigenvalue weighted by atomic mass is 16.5. The van der Waals surface area contributed by atoms with Gasteiger partial charge in [0.25, 0.3) is 0 Å². The van der Waals surface area contributed by atoms with Crippen LogP contribution in [0.2, 0.25) is 0 Å². The molecule has 0 radical (unpaired) electrons. The van der Waals surface area contributed by atoms with Crippen molar-refractivity contribution in [3.8, 4) is 11.5 Å². The fourth-order valence-electron chi connectivity index (χ4n) is 4.18. The van der Waals surface area contributed by atoms with Gasteiger partial charge in [-0.25, -0.2) is 0 Å². The summed E-state index contributed by atoms with van der Waals surface area (Å²) in [5.41, 5.74) is 1.72. The lowest BCUT2D eigenvalue weighted by Gasteiger charge is -2.18. The smallest absolute Gasteiger partial charge is 0.229 e. The second-order valence-electron chi connectivity index (χ2n) is 8.04. The van der Waals surface area contributed by atoms with Crippen molar-refractivity contribution in [3.05, 3.63) is 54.1 Å². The number of carbonyl (C=O) groups is 2. The molecule has 2 aromatic rings. The van der Waals surface area contributed by atoms with Gasteiger partial charge in [-0.15, -0.1) is 0 Å². The molecule has 158 valence electrons. The summed E-state index contributed by atoms with van der Waals surface area (Å²) in [6, 6.07) is 15.3. The Morgan fingerprint density at radius 3 is 2.60 bits per heavy atom. The molecule has 2 aromatic carbocycles. The van der Waals surface area contributed by atoms with E-state index < -0.39 is 0 Å². The van der Waals surface area contributed by atoms with Crippen LogP contribution < -0.4 is 14.8 Å². The Hall–Kier alpha value is -3.02. The van der Waals surface area contributed by atoms with Crippen LogP contribution >= 0.6 is 0 Å². The third-order valence-corrected chi connectivity index (χ3v) is 5.83. The Balaban J connectivity index is 1.39. The fourth-order valence-corrected chi connectivity index (χ4v) is 4.18. The van der Waals surface area contributed by atoms with E-state index in [0.29, 0.717) is 30.3 Å². The van der Waals surface area contributed by atoms with Crippen LogP contribution in [0.1, 0.15) is 37.7 Å². The van der Waals surface area contributed by atoms with E-state index in [0.717, 1.165) is 18.4 Å². The Morgan fingerprint density at radius 2 is 1.87 bits per heavy atom. The maximum atomic E-state index is 12.8. The Labute approximate surface area is 177 Å². The van der Waals surface area contributed by atoms with Gasteiger partial charge in [-0.1, -0.05) is 30.3 Å². The topological polar surface area (TPSA) is 67.9 Å². The number of methoxy groups -OCH3 is 1. The monoisotopic (exact) mass is 408 g/mol. The Kier molecular flexibility index (Phi) is 6.21. The highest BCUT2D eigenvalue weighted by molar-refractivity contribution is 5.97. The van der Waals surface area contributed by atoms with Crippen molar-refractivity contribution in [2.45, 2.75) is 44.8 Å². The van der Waals surface area contributed by atoms with Crippen molar-refractivity contribution in [2.24, 2.45) is 5.92 Å². The van der Waals surface area contributed by atoms with Crippen LogP contribution in [-0.4, -0.2) is 36.5 Å². The van der Waals surface area contributed by atoms with Gasteiger partial charge >= 0.3 is 0 Å². The quantitative estimate of drug-likeness (QED) is 0.752. The first-order valence-electron chi connectivity index (χ1n) is 10.6. The third-order valence-electron chi connectivity index (χ3n) is 5.83. The van der Waals surface area contributed by atoms with Crippen molar-refractivity contribution in [1.82, 2.24) is 4.90 Å². The lowest BCUT2D eigenvalue weighted by molar-refractivity contribution is -0.128. The van der Waals surface area contributed by atoms with E-state index in [1.54, 1.807) is 24.1 Å². The van der Waals surface area contributed by atoms with E-state index in [9.17, 15) is 9.59 Å². The zero-order valence-electron chi connectivity index (χ0n) is 17.3. The van der Waals surface area contributed by atoms with E-state index in [4.69, 9.17) is 9.47 Å². The molecule has 6 nitrogen and oxygen atoms in total.